The SMILES string of the molecule is Clc1cccc(N/N=C\c2cn(-c3ccccc3)nc2-c2cccnc2)c1. The Hall–Kier alpha value is -3.44. The van der Waals surface area contributed by atoms with Gasteiger partial charge >= 0.3 is 0 Å². The molecule has 0 radical (unpaired) electrons. The molecular weight excluding hydrogens is 358 g/mol. The first kappa shape index (κ1) is 17.0. The average Bonchev–Trinajstić information content (AvgIpc) is 3.14. The topological polar surface area (TPSA) is 55.1 Å². The van der Waals surface area contributed by atoms with Crippen LogP contribution in [-0.4, -0.2) is 21.0 Å². The van der Waals surface area contributed by atoms with Crippen molar-refractivity contribution < 1.29 is 0 Å². The second kappa shape index (κ2) is 7.85. The molecule has 0 fully saturated rings. The van der Waals surface area contributed by atoms with Gasteiger partial charge in [-0.15, -0.1) is 0 Å². The smallest absolute Gasteiger partial charge is 0.103 e. The quantitative estimate of drug-likeness (QED) is 0.394. The van der Waals surface area contributed by atoms with Gasteiger partial charge < -0.3 is 0 Å². The maximum atomic E-state index is 6.01. The number of anilines is 1. The van der Waals surface area contributed by atoms with Crippen LogP contribution in [0.5, 0.6) is 0 Å². The van der Waals surface area contributed by atoms with Crippen molar-refractivity contribution >= 4 is 23.5 Å². The maximum Gasteiger partial charge on any atom is 0.103 e. The number of halogens is 1. The Balaban J connectivity index is 1.68. The molecule has 0 unspecified atom stereocenters. The molecule has 1 N–H and O–H groups in total. The van der Waals surface area contributed by atoms with Crippen LogP contribution in [0.2, 0.25) is 5.02 Å². The molecule has 4 rings (SSSR count). The van der Waals surface area contributed by atoms with Crippen LogP contribution in [0.1, 0.15) is 5.56 Å². The highest BCUT2D eigenvalue weighted by Crippen LogP contribution is 2.22. The molecule has 0 aliphatic carbocycles. The Kier molecular flexibility index (Phi) is 4.94. The van der Waals surface area contributed by atoms with Crippen molar-refractivity contribution in [1.29, 1.82) is 0 Å². The molecule has 4 aromatic rings. The molecule has 0 aliphatic rings. The van der Waals surface area contributed by atoms with Gasteiger partial charge in [-0.3, -0.25) is 10.4 Å². The van der Waals surface area contributed by atoms with Gasteiger partial charge in [-0.05, 0) is 42.5 Å². The molecule has 0 saturated carbocycles. The lowest BCUT2D eigenvalue weighted by Gasteiger charge is -2.00. The van der Waals surface area contributed by atoms with E-state index in [1.165, 1.54) is 0 Å². The molecule has 2 aromatic carbocycles. The summed E-state index contributed by atoms with van der Waals surface area (Å²) in [4.78, 5) is 4.20. The summed E-state index contributed by atoms with van der Waals surface area (Å²) in [5.74, 6) is 0. The van der Waals surface area contributed by atoms with Crippen LogP contribution in [0.15, 0.2) is 90.4 Å². The van der Waals surface area contributed by atoms with Crippen molar-refractivity contribution in [3.05, 3.63) is 95.9 Å². The van der Waals surface area contributed by atoms with E-state index in [4.69, 9.17) is 16.7 Å². The summed E-state index contributed by atoms with van der Waals surface area (Å²) in [6, 6.07) is 21.2. The molecule has 6 heteroatoms. The van der Waals surface area contributed by atoms with Gasteiger partial charge in [-0.2, -0.15) is 10.2 Å². The highest BCUT2D eigenvalue weighted by atomic mass is 35.5. The number of aromatic nitrogens is 3. The fourth-order valence-corrected chi connectivity index (χ4v) is 2.85. The predicted octanol–water partition coefficient (Wildman–Crippen LogP) is 5.03. The summed E-state index contributed by atoms with van der Waals surface area (Å²) in [6.07, 6.45) is 7.22. The number of hydrogen-bond donors (Lipinski definition) is 1. The van der Waals surface area contributed by atoms with Crippen LogP contribution in [-0.2, 0) is 0 Å². The van der Waals surface area contributed by atoms with Gasteiger partial charge in [0.15, 0.2) is 0 Å². The van der Waals surface area contributed by atoms with E-state index in [2.05, 4.69) is 15.5 Å². The molecule has 2 heterocycles. The Morgan fingerprint density at radius 3 is 2.67 bits per heavy atom. The highest BCUT2D eigenvalue weighted by Gasteiger charge is 2.11. The normalized spacial score (nSPS) is 11.0. The van der Waals surface area contributed by atoms with Crippen molar-refractivity contribution in [2.24, 2.45) is 5.10 Å². The van der Waals surface area contributed by atoms with Crippen molar-refractivity contribution in [2.75, 3.05) is 5.43 Å². The molecule has 0 saturated heterocycles. The van der Waals surface area contributed by atoms with Crippen LogP contribution in [0, 0.1) is 0 Å². The van der Waals surface area contributed by atoms with Gasteiger partial charge in [0.2, 0.25) is 0 Å². The Bertz CT molecular complexity index is 1060. The zero-order chi connectivity index (χ0) is 18.5. The molecule has 27 heavy (non-hydrogen) atoms. The third-order valence-corrected chi connectivity index (χ3v) is 4.16. The van der Waals surface area contributed by atoms with Gasteiger partial charge in [0.05, 0.1) is 17.6 Å². The van der Waals surface area contributed by atoms with Gasteiger partial charge in [0.25, 0.3) is 0 Å². The average molecular weight is 374 g/mol. The number of hydrazone groups is 1. The highest BCUT2D eigenvalue weighted by molar-refractivity contribution is 6.30. The van der Waals surface area contributed by atoms with Crippen molar-refractivity contribution in [2.45, 2.75) is 0 Å². The van der Waals surface area contributed by atoms with Gasteiger partial charge in [-0.25, -0.2) is 4.68 Å². The molecule has 0 aliphatic heterocycles. The van der Waals surface area contributed by atoms with Gasteiger partial charge in [0, 0.05) is 34.7 Å². The first-order valence-electron chi connectivity index (χ1n) is 8.40. The molecule has 0 amide bonds. The zero-order valence-electron chi connectivity index (χ0n) is 14.3. The molecule has 5 nitrogen and oxygen atoms in total. The Morgan fingerprint density at radius 1 is 1.00 bits per heavy atom. The monoisotopic (exact) mass is 373 g/mol. The van der Waals surface area contributed by atoms with Gasteiger partial charge in [-0.1, -0.05) is 35.9 Å². The number of nitrogens with zero attached hydrogens (tertiary/aromatic N) is 4. The number of rotatable bonds is 5. The lowest BCUT2D eigenvalue weighted by molar-refractivity contribution is 0.884. The Morgan fingerprint density at radius 2 is 1.89 bits per heavy atom. The maximum absolute atomic E-state index is 6.01. The molecule has 0 bridgehead atoms. The molecule has 132 valence electrons. The first-order valence-corrected chi connectivity index (χ1v) is 8.77. The molecule has 0 spiro atoms. The lowest BCUT2D eigenvalue weighted by Crippen LogP contribution is -1.94. The number of benzene rings is 2. The minimum atomic E-state index is 0.656. The van der Waals surface area contributed by atoms with Crippen molar-refractivity contribution in [1.82, 2.24) is 14.8 Å². The summed E-state index contributed by atoms with van der Waals surface area (Å²) in [5.41, 5.74) is 7.40. The standard InChI is InChI=1S/C21H16ClN5/c22-18-7-4-8-19(12-18)25-24-14-17-15-27(20-9-2-1-3-10-20)26-21(17)16-6-5-11-23-13-16/h1-15,25H/b24-14-. The van der Waals surface area contributed by atoms with E-state index >= 15 is 0 Å². The second-order valence-electron chi connectivity index (χ2n) is 5.84. The summed E-state index contributed by atoms with van der Waals surface area (Å²) in [5, 5.41) is 9.72. The van der Waals surface area contributed by atoms with Crippen LogP contribution in [0.25, 0.3) is 16.9 Å². The van der Waals surface area contributed by atoms with Crippen molar-refractivity contribution in [3.63, 3.8) is 0 Å². The minimum Gasteiger partial charge on any atom is -0.278 e. The summed E-state index contributed by atoms with van der Waals surface area (Å²) < 4.78 is 1.84. The van der Waals surface area contributed by atoms with E-state index < -0.39 is 0 Å². The predicted molar refractivity (Wildman–Crippen MR) is 109 cm³/mol. The number of nitrogens with one attached hydrogen (secondary N) is 1. The third kappa shape index (κ3) is 4.04. The largest absolute Gasteiger partial charge is 0.278 e. The number of para-hydroxylation sites is 1. The molecule has 0 atom stereocenters. The Labute approximate surface area is 162 Å². The van der Waals surface area contributed by atoms with E-state index in [9.17, 15) is 0 Å². The van der Waals surface area contributed by atoms with Crippen LogP contribution in [0.4, 0.5) is 5.69 Å². The summed E-state index contributed by atoms with van der Waals surface area (Å²) in [6.45, 7) is 0. The van der Waals surface area contributed by atoms with Crippen molar-refractivity contribution in [3.8, 4) is 16.9 Å². The van der Waals surface area contributed by atoms with E-state index in [1.54, 1.807) is 18.6 Å². The van der Waals surface area contributed by atoms with E-state index in [0.717, 1.165) is 28.2 Å². The van der Waals surface area contributed by atoms with Gasteiger partial charge in [0.1, 0.15) is 5.69 Å². The zero-order valence-corrected chi connectivity index (χ0v) is 15.1. The van der Waals surface area contributed by atoms with E-state index in [-0.39, 0.29) is 0 Å². The second-order valence-corrected chi connectivity index (χ2v) is 6.27. The number of hydrogen-bond acceptors (Lipinski definition) is 4. The molecular formula is C21H16ClN5. The molecule has 2 aromatic heterocycles. The fourth-order valence-electron chi connectivity index (χ4n) is 2.66. The van der Waals surface area contributed by atoms with E-state index in [0.29, 0.717) is 5.02 Å². The van der Waals surface area contributed by atoms with Crippen LogP contribution >= 0.6 is 11.6 Å². The van der Waals surface area contributed by atoms with Crippen LogP contribution in [0.3, 0.4) is 0 Å². The van der Waals surface area contributed by atoms with Crippen LogP contribution < -0.4 is 5.43 Å². The summed E-state index contributed by atoms with van der Waals surface area (Å²) >= 11 is 6.01. The minimum absolute atomic E-state index is 0.656. The first-order chi connectivity index (χ1) is 13.3. The fraction of sp³-hybridized carbons (Fsp3) is 0. The summed E-state index contributed by atoms with van der Waals surface area (Å²) in [7, 11) is 0. The third-order valence-electron chi connectivity index (χ3n) is 3.92. The lowest BCUT2D eigenvalue weighted by atomic mass is 10.1. The number of pyridine rings is 1. The van der Waals surface area contributed by atoms with E-state index in [1.807, 2.05) is 77.6 Å².